The van der Waals surface area contributed by atoms with Crippen LogP contribution in [-0.2, 0) is 4.79 Å². The molecule has 0 saturated heterocycles. The Bertz CT molecular complexity index is 347. The van der Waals surface area contributed by atoms with Crippen LogP contribution in [0.3, 0.4) is 0 Å². The Hall–Kier alpha value is -1.51. The van der Waals surface area contributed by atoms with Crippen LogP contribution in [0.25, 0.3) is 0 Å². The van der Waals surface area contributed by atoms with Crippen LogP contribution < -0.4 is 4.90 Å². The Kier molecular flexibility index (Phi) is 3.12. The second-order valence-corrected chi connectivity index (χ2v) is 3.54. The fraction of sp³-hybridized carbons (Fsp3) is 0.364. The molecule has 0 fully saturated rings. The van der Waals surface area contributed by atoms with Gasteiger partial charge in [-0.3, -0.25) is 4.79 Å². The number of hydrogen-bond acceptors (Lipinski definition) is 2. The van der Waals surface area contributed by atoms with Gasteiger partial charge in [-0.1, -0.05) is 12.1 Å². The smallest absolute Gasteiger partial charge is 0.323 e. The standard InChI is InChI=1S/C11H15NO2/c1-8-4-5-9(2)10(6-8)12(3)7-11(13)14/h4-6H,7H2,1-3H3,(H,13,14). The van der Waals surface area contributed by atoms with Crippen molar-refractivity contribution in [3.05, 3.63) is 29.3 Å². The molecule has 0 atom stereocenters. The van der Waals surface area contributed by atoms with Gasteiger partial charge in [-0.05, 0) is 31.0 Å². The minimum absolute atomic E-state index is 0.0320. The van der Waals surface area contributed by atoms with Gasteiger partial charge in [0.05, 0.1) is 0 Å². The van der Waals surface area contributed by atoms with Crippen LogP contribution >= 0.6 is 0 Å². The SMILES string of the molecule is Cc1ccc(C)c(N(C)CC(=O)O)c1. The van der Waals surface area contributed by atoms with Crippen molar-refractivity contribution in [2.24, 2.45) is 0 Å². The quantitative estimate of drug-likeness (QED) is 0.796. The first-order valence-electron chi connectivity index (χ1n) is 4.51. The number of anilines is 1. The third kappa shape index (κ3) is 2.49. The highest BCUT2D eigenvalue weighted by Gasteiger charge is 2.07. The third-order valence-corrected chi connectivity index (χ3v) is 2.15. The van der Waals surface area contributed by atoms with Crippen LogP contribution in [0.4, 0.5) is 5.69 Å². The van der Waals surface area contributed by atoms with Gasteiger partial charge in [0.25, 0.3) is 0 Å². The number of carboxylic acids is 1. The van der Waals surface area contributed by atoms with Gasteiger partial charge in [-0.2, -0.15) is 0 Å². The van der Waals surface area contributed by atoms with E-state index in [1.54, 1.807) is 11.9 Å². The van der Waals surface area contributed by atoms with E-state index in [-0.39, 0.29) is 6.54 Å². The molecular formula is C11H15NO2. The van der Waals surface area contributed by atoms with Crippen molar-refractivity contribution < 1.29 is 9.90 Å². The van der Waals surface area contributed by atoms with Crippen LogP contribution in [0, 0.1) is 13.8 Å². The minimum Gasteiger partial charge on any atom is -0.480 e. The molecule has 1 aromatic carbocycles. The van der Waals surface area contributed by atoms with Gasteiger partial charge in [0.15, 0.2) is 0 Å². The Labute approximate surface area is 84.0 Å². The van der Waals surface area contributed by atoms with Crippen molar-refractivity contribution >= 4 is 11.7 Å². The fourth-order valence-electron chi connectivity index (χ4n) is 1.42. The minimum atomic E-state index is -0.812. The zero-order chi connectivity index (χ0) is 10.7. The summed E-state index contributed by atoms with van der Waals surface area (Å²) in [6, 6.07) is 6.02. The van der Waals surface area contributed by atoms with Crippen molar-refractivity contribution in [1.82, 2.24) is 0 Å². The maximum atomic E-state index is 10.5. The van der Waals surface area contributed by atoms with E-state index in [9.17, 15) is 4.79 Å². The number of aryl methyl sites for hydroxylation is 2. The largest absolute Gasteiger partial charge is 0.480 e. The second kappa shape index (κ2) is 4.13. The van der Waals surface area contributed by atoms with E-state index in [1.165, 1.54) is 0 Å². The van der Waals surface area contributed by atoms with Gasteiger partial charge in [-0.15, -0.1) is 0 Å². The predicted octanol–water partition coefficient (Wildman–Crippen LogP) is 1.82. The molecule has 1 rings (SSSR count). The Balaban J connectivity index is 2.93. The summed E-state index contributed by atoms with van der Waals surface area (Å²) in [6.07, 6.45) is 0. The summed E-state index contributed by atoms with van der Waals surface area (Å²) < 4.78 is 0. The molecule has 0 saturated carbocycles. The Morgan fingerprint density at radius 1 is 1.43 bits per heavy atom. The molecule has 3 heteroatoms. The molecular weight excluding hydrogens is 178 g/mol. The molecule has 0 amide bonds. The maximum absolute atomic E-state index is 10.5. The number of carbonyl (C=O) groups is 1. The summed E-state index contributed by atoms with van der Waals surface area (Å²) >= 11 is 0. The van der Waals surface area contributed by atoms with Crippen LogP contribution in [0.15, 0.2) is 18.2 Å². The molecule has 0 unspecified atom stereocenters. The second-order valence-electron chi connectivity index (χ2n) is 3.54. The molecule has 0 bridgehead atoms. The number of aliphatic carboxylic acids is 1. The maximum Gasteiger partial charge on any atom is 0.323 e. The molecule has 76 valence electrons. The first kappa shape index (κ1) is 10.6. The molecule has 0 radical (unpaired) electrons. The van der Waals surface area contributed by atoms with E-state index in [0.717, 1.165) is 16.8 Å². The van der Waals surface area contributed by atoms with Gasteiger partial charge >= 0.3 is 5.97 Å². The van der Waals surface area contributed by atoms with Gasteiger partial charge in [0, 0.05) is 12.7 Å². The average molecular weight is 193 g/mol. The summed E-state index contributed by atoms with van der Waals surface area (Å²) in [4.78, 5) is 12.3. The fourth-order valence-corrected chi connectivity index (χ4v) is 1.42. The molecule has 0 aliphatic carbocycles. The van der Waals surface area contributed by atoms with Gasteiger partial charge < -0.3 is 10.0 Å². The van der Waals surface area contributed by atoms with E-state index < -0.39 is 5.97 Å². The highest BCUT2D eigenvalue weighted by atomic mass is 16.4. The molecule has 0 spiro atoms. The van der Waals surface area contributed by atoms with Crippen molar-refractivity contribution in [2.45, 2.75) is 13.8 Å². The summed E-state index contributed by atoms with van der Waals surface area (Å²) in [5.41, 5.74) is 3.22. The molecule has 1 aromatic rings. The van der Waals surface area contributed by atoms with Crippen LogP contribution in [0.5, 0.6) is 0 Å². The lowest BCUT2D eigenvalue weighted by atomic mass is 10.1. The monoisotopic (exact) mass is 193 g/mol. The molecule has 0 aliphatic rings. The van der Waals surface area contributed by atoms with Gasteiger partial charge in [0.2, 0.25) is 0 Å². The first-order chi connectivity index (χ1) is 6.50. The Morgan fingerprint density at radius 2 is 2.07 bits per heavy atom. The third-order valence-electron chi connectivity index (χ3n) is 2.15. The summed E-state index contributed by atoms with van der Waals surface area (Å²) in [7, 11) is 1.79. The highest BCUT2D eigenvalue weighted by molar-refractivity contribution is 5.74. The topological polar surface area (TPSA) is 40.5 Å². The van der Waals surface area contributed by atoms with E-state index >= 15 is 0 Å². The van der Waals surface area contributed by atoms with E-state index in [0.29, 0.717) is 0 Å². The van der Waals surface area contributed by atoms with E-state index in [1.807, 2.05) is 32.0 Å². The van der Waals surface area contributed by atoms with Gasteiger partial charge in [-0.25, -0.2) is 0 Å². The average Bonchev–Trinajstić information content (AvgIpc) is 2.08. The predicted molar refractivity (Wildman–Crippen MR) is 56.8 cm³/mol. The van der Waals surface area contributed by atoms with Crippen molar-refractivity contribution in [3.8, 4) is 0 Å². The number of carboxylic acid groups (broad SMARTS) is 1. The number of rotatable bonds is 3. The normalized spacial score (nSPS) is 9.93. The number of likely N-dealkylation sites (N-methyl/N-ethyl adjacent to an activating group) is 1. The van der Waals surface area contributed by atoms with Crippen LogP contribution in [-0.4, -0.2) is 24.7 Å². The lowest BCUT2D eigenvalue weighted by Crippen LogP contribution is -2.25. The van der Waals surface area contributed by atoms with Crippen molar-refractivity contribution in [1.29, 1.82) is 0 Å². The molecule has 0 heterocycles. The zero-order valence-electron chi connectivity index (χ0n) is 8.74. The lowest BCUT2D eigenvalue weighted by Gasteiger charge is -2.19. The van der Waals surface area contributed by atoms with Crippen molar-refractivity contribution in [2.75, 3.05) is 18.5 Å². The zero-order valence-corrected chi connectivity index (χ0v) is 8.74. The molecule has 1 N–H and O–H groups in total. The van der Waals surface area contributed by atoms with Gasteiger partial charge in [0.1, 0.15) is 6.54 Å². The Morgan fingerprint density at radius 3 is 2.64 bits per heavy atom. The molecule has 14 heavy (non-hydrogen) atoms. The number of hydrogen-bond donors (Lipinski definition) is 1. The summed E-state index contributed by atoms with van der Waals surface area (Å²) in [5, 5.41) is 8.66. The number of benzene rings is 1. The highest BCUT2D eigenvalue weighted by Crippen LogP contribution is 2.19. The van der Waals surface area contributed by atoms with Crippen LogP contribution in [0.2, 0.25) is 0 Å². The summed E-state index contributed by atoms with van der Waals surface area (Å²) in [5.74, 6) is -0.812. The van der Waals surface area contributed by atoms with Crippen LogP contribution in [0.1, 0.15) is 11.1 Å². The van der Waals surface area contributed by atoms with E-state index in [2.05, 4.69) is 0 Å². The van der Waals surface area contributed by atoms with Crippen molar-refractivity contribution in [3.63, 3.8) is 0 Å². The number of nitrogens with zero attached hydrogens (tertiary/aromatic N) is 1. The summed E-state index contributed by atoms with van der Waals surface area (Å²) in [6.45, 7) is 4.01. The lowest BCUT2D eigenvalue weighted by molar-refractivity contribution is -0.135. The molecule has 0 aromatic heterocycles. The first-order valence-corrected chi connectivity index (χ1v) is 4.51. The molecule has 0 aliphatic heterocycles. The molecule has 3 nitrogen and oxygen atoms in total. The van der Waals surface area contributed by atoms with E-state index in [4.69, 9.17) is 5.11 Å².